The molecule has 0 radical (unpaired) electrons. The first-order valence-corrected chi connectivity index (χ1v) is 7.43. The van der Waals surface area contributed by atoms with Crippen LogP contribution in [0.1, 0.15) is 37.0 Å². The van der Waals surface area contributed by atoms with Crippen molar-refractivity contribution in [2.24, 2.45) is 11.8 Å². The Kier molecular flexibility index (Phi) is 5.00. The van der Waals surface area contributed by atoms with Crippen LogP contribution in [-0.4, -0.2) is 30.3 Å². The lowest BCUT2D eigenvalue weighted by atomic mass is 9.91. The normalized spacial score (nSPS) is 24.4. The SMILES string of the molecule is CC1CC(C)CN(CCC(=O)c2cccc(Cl)c2)C1. The molecular weight excluding hydrogens is 258 g/mol. The summed E-state index contributed by atoms with van der Waals surface area (Å²) < 4.78 is 0. The van der Waals surface area contributed by atoms with E-state index in [0.717, 1.165) is 37.0 Å². The van der Waals surface area contributed by atoms with E-state index in [0.29, 0.717) is 11.4 Å². The Hall–Kier alpha value is -0.860. The van der Waals surface area contributed by atoms with Gasteiger partial charge in [0, 0.05) is 36.6 Å². The molecule has 3 heteroatoms. The maximum atomic E-state index is 12.1. The van der Waals surface area contributed by atoms with Gasteiger partial charge < -0.3 is 4.90 Å². The van der Waals surface area contributed by atoms with E-state index in [-0.39, 0.29) is 5.78 Å². The largest absolute Gasteiger partial charge is 0.302 e. The second-order valence-electron chi connectivity index (χ2n) is 5.89. The molecule has 0 aliphatic carbocycles. The molecule has 1 aromatic rings. The second kappa shape index (κ2) is 6.53. The fourth-order valence-electron chi connectivity index (χ4n) is 3.04. The minimum Gasteiger partial charge on any atom is -0.302 e. The van der Waals surface area contributed by atoms with Gasteiger partial charge in [0.1, 0.15) is 0 Å². The van der Waals surface area contributed by atoms with Crippen LogP contribution in [0.15, 0.2) is 24.3 Å². The number of ketones is 1. The van der Waals surface area contributed by atoms with Gasteiger partial charge in [-0.15, -0.1) is 0 Å². The average Bonchev–Trinajstić information content (AvgIpc) is 2.35. The number of likely N-dealkylation sites (tertiary alicyclic amines) is 1. The molecular formula is C16H22ClNO. The highest BCUT2D eigenvalue weighted by molar-refractivity contribution is 6.31. The number of rotatable bonds is 4. The summed E-state index contributed by atoms with van der Waals surface area (Å²) in [6, 6.07) is 7.23. The van der Waals surface area contributed by atoms with Gasteiger partial charge in [-0.2, -0.15) is 0 Å². The first-order chi connectivity index (χ1) is 9.04. The third-order valence-corrected chi connectivity index (χ3v) is 3.98. The molecule has 0 aromatic heterocycles. The van der Waals surface area contributed by atoms with Crippen molar-refractivity contribution >= 4 is 17.4 Å². The van der Waals surface area contributed by atoms with Crippen LogP contribution < -0.4 is 0 Å². The summed E-state index contributed by atoms with van der Waals surface area (Å²) in [4.78, 5) is 14.5. The molecule has 0 amide bonds. The van der Waals surface area contributed by atoms with Crippen molar-refractivity contribution in [2.45, 2.75) is 26.7 Å². The Balaban J connectivity index is 1.86. The van der Waals surface area contributed by atoms with Gasteiger partial charge >= 0.3 is 0 Å². The van der Waals surface area contributed by atoms with E-state index in [4.69, 9.17) is 11.6 Å². The predicted octanol–water partition coefficient (Wildman–Crippen LogP) is 3.89. The van der Waals surface area contributed by atoms with Gasteiger partial charge in [-0.3, -0.25) is 4.79 Å². The highest BCUT2D eigenvalue weighted by Crippen LogP contribution is 2.21. The molecule has 0 spiro atoms. The first kappa shape index (κ1) is 14.5. The van der Waals surface area contributed by atoms with Gasteiger partial charge in [-0.1, -0.05) is 37.6 Å². The standard InChI is InChI=1S/C16H22ClNO/c1-12-8-13(2)11-18(10-12)7-6-16(19)14-4-3-5-15(17)9-14/h3-5,9,12-13H,6-8,10-11H2,1-2H3. The van der Waals surface area contributed by atoms with E-state index in [1.54, 1.807) is 12.1 Å². The van der Waals surface area contributed by atoms with E-state index in [2.05, 4.69) is 18.7 Å². The molecule has 1 heterocycles. The van der Waals surface area contributed by atoms with Crippen LogP contribution in [0.4, 0.5) is 0 Å². The predicted molar refractivity (Wildman–Crippen MR) is 79.8 cm³/mol. The summed E-state index contributed by atoms with van der Waals surface area (Å²) in [6.07, 6.45) is 1.89. The Labute approximate surface area is 120 Å². The fraction of sp³-hybridized carbons (Fsp3) is 0.562. The average molecular weight is 280 g/mol. The van der Waals surface area contributed by atoms with E-state index in [1.807, 2.05) is 12.1 Å². The third kappa shape index (κ3) is 4.32. The van der Waals surface area contributed by atoms with E-state index in [9.17, 15) is 4.79 Å². The zero-order chi connectivity index (χ0) is 13.8. The Morgan fingerprint density at radius 2 is 2.00 bits per heavy atom. The van der Waals surface area contributed by atoms with Crippen molar-refractivity contribution in [2.75, 3.05) is 19.6 Å². The van der Waals surface area contributed by atoms with Crippen LogP contribution in [0, 0.1) is 11.8 Å². The third-order valence-electron chi connectivity index (χ3n) is 3.75. The summed E-state index contributed by atoms with van der Waals surface area (Å²) >= 11 is 5.91. The van der Waals surface area contributed by atoms with Crippen LogP contribution in [0.25, 0.3) is 0 Å². The molecule has 0 saturated carbocycles. The van der Waals surface area contributed by atoms with Crippen LogP contribution in [0.2, 0.25) is 5.02 Å². The highest BCUT2D eigenvalue weighted by atomic mass is 35.5. The van der Waals surface area contributed by atoms with E-state index >= 15 is 0 Å². The Morgan fingerprint density at radius 1 is 1.32 bits per heavy atom. The lowest BCUT2D eigenvalue weighted by Gasteiger charge is -2.34. The number of hydrogen-bond donors (Lipinski definition) is 0. The number of halogens is 1. The Morgan fingerprint density at radius 3 is 2.63 bits per heavy atom. The number of carbonyl (C=O) groups excluding carboxylic acids is 1. The van der Waals surface area contributed by atoms with Crippen LogP contribution in [-0.2, 0) is 0 Å². The first-order valence-electron chi connectivity index (χ1n) is 7.05. The topological polar surface area (TPSA) is 20.3 Å². The molecule has 19 heavy (non-hydrogen) atoms. The number of nitrogens with zero attached hydrogens (tertiary/aromatic N) is 1. The lowest BCUT2D eigenvalue weighted by Crippen LogP contribution is -2.39. The molecule has 1 aliphatic heterocycles. The molecule has 1 fully saturated rings. The number of Topliss-reactive ketones (excluding diaryl/α,β-unsaturated/α-hetero) is 1. The molecule has 1 aromatic carbocycles. The minimum atomic E-state index is 0.188. The van der Waals surface area contributed by atoms with Crippen LogP contribution >= 0.6 is 11.6 Å². The molecule has 0 bridgehead atoms. The van der Waals surface area contributed by atoms with Gasteiger partial charge in [0.05, 0.1) is 0 Å². The summed E-state index contributed by atoms with van der Waals surface area (Å²) in [6.45, 7) is 7.68. The van der Waals surface area contributed by atoms with Crippen molar-refractivity contribution in [3.05, 3.63) is 34.9 Å². The number of hydrogen-bond acceptors (Lipinski definition) is 2. The molecule has 2 unspecified atom stereocenters. The summed E-state index contributed by atoms with van der Waals surface area (Å²) in [5.41, 5.74) is 0.727. The van der Waals surface area contributed by atoms with Gasteiger partial charge in [-0.05, 0) is 30.4 Å². The number of benzene rings is 1. The second-order valence-corrected chi connectivity index (χ2v) is 6.33. The summed E-state index contributed by atoms with van der Waals surface area (Å²) in [5, 5.41) is 0.631. The van der Waals surface area contributed by atoms with Gasteiger partial charge in [0.25, 0.3) is 0 Å². The van der Waals surface area contributed by atoms with Crippen molar-refractivity contribution in [3.63, 3.8) is 0 Å². The lowest BCUT2D eigenvalue weighted by molar-refractivity contribution is 0.0926. The van der Waals surface area contributed by atoms with E-state index < -0.39 is 0 Å². The van der Waals surface area contributed by atoms with Crippen molar-refractivity contribution in [1.29, 1.82) is 0 Å². The summed E-state index contributed by atoms with van der Waals surface area (Å²) in [5.74, 6) is 1.67. The van der Waals surface area contributed by atoms with Crippen molar-refractivity contribution < 1.29 is 4.79 Å². The number of piperidine rings is 1. The quantitative estimate of drug-likeness (QED) is 0.780. The van der Waals surface area contributed by atoms with Crippen LogP contribution in [0.3, 0.4) is 0 Å². The van der Waals surface area contributed by atoms with E-state index in [1.165, 1.54) is 6.42 Å². The molecule has 2 atom stereocenters. The Bertz CT molecular complexity index is 436. The molecule has 2 nitrogen and oxygen atoms in total. The van der Waals surface area contributed by atoms with Gasteiger partial charge in [0.15, 0.2) is 5.78 Å². The van der Waals surface area contributed by atoms with Crippen molar-refractivity contribution in [1.82, 2.24) is 4.90 Å². The zero-order valence-corrected chi connectivity index (χ0v) is 12.5. The zero-order valence-electron chi connectivity index (χ0n) is 11.7. The smallest absolute Gasteiger partial charge is 0.164 e. The molecule has 1 aliphatic rings. The monoisotopic (exact) mass is 279 g/mol. The maximum absolute atomic E-state index is 12.1. The molecule has 104 valence electrons. The molecule has 0 N–H and O–H groups in total. The summed E-state index contributed by atoms with van der Waals surface area (Å²) in [7, 11) is 0. The number of carbonyl (C=O) groups is 1. The highest BCUT2D eigenvalue weighted by Gasteiger charge is 2.22. The molecule has 1 saturated heterocycles. The van der Waals surface area contributed by atoms with Gasteiger partial charge in [0.2, 0.25) is 0 Å². The molecule has 2 rings (SSSR count). The van der Waals surface area contributed by atoms with Crippen LogP contribution in [0.5, 0.6) is 0 Å². The maximum Gasteiger partial charge on any atom is 0.164 e. The van der Waals surface area contributed by atoms with Crippen molar-refractivity contribution in [3.8, 4) is 0 Å². The van der Waals surface area contributed by atoms with Gasteiger partial charge in [-0.25, -0.2) is 0 Å². The fourth-order valence-corrected chi connectivity index (χ4v) is 3.23. The minimum absolute atomic E-state index is 0.188.